The van der Waals surface area contributed by atoms with Gasteiger partial charge in [0.2, 0.25) is 0 Å². The normalized spacial score (nSPS) is 12.1. The molecule has 0 fully saturated rings. The van der Waals surface area contributed by atoms with Gasteiger partial charge in [-0.25, -0.2) is 4.79 Å². The van der Waals surface area contributed by atoms with Crippen LogP contribution in [0.2, 0.25) is 0 Å². The van der Waals surface area contributed by atoms with Crippen molar-refractivity contribution in [2.24, 2.45) is 0 Å². The minimum absolute atomic E-state index is 0.0383. The van der Waals surface area contributed by atoms with E-state index in [-0.39, 0.29) is 25.1 Å². The Balaban J connectivity index is 0.966. The molecule has 10 heteroatoms. The highest BCUT2D eigenvalue weighted by molar-refractivity contribution is 5.79. The summed E-state index contributed by atoms with van der Waals surface area (Å²) in [4.78, 5) is 24.2. The largest absolute Gasteiger partial charge is 0.463 e. The first-order valence-electron chi connectivity index (χ1n) is 21.3. The molecule has 0 atom stereocenters. The minimum Gasteiger partial charge on any atom is -0.463 e. The Kier molecular flexibility index (Phi) is 27.1. The number of carbonyl (C=O) groups is 2. The molecule has 0 heterocycles. The van der Waals surface area contributed by atoms with Crippen molar-refractivity contribution in [3.8, 4) is 11.1 Å². The highest BCUT2D eigenvalue weighted by Gasteiger charge is 2.28. The van der Waals surface area contributed by atoms with Gasteiger partial charge >= 0.3 is 12.1 Å². The topological polar surface area (TPSA) is 111 Å². The fourth-order valence-corrected chi connectivity index (χ4v) is 6.78. The molecular formula is C45H71NO9. The van der Waals surface area contributed by atoms with E-state index in [0.717, 1.165) is 12.8 Å². The maximum atomic E-state index is 12.3. The number of hydrogen-bond acceptors (Lipinski definition) is 9. The quantitative estimate of drug-likeness (QED) is 0.0536. The van der Waals surface area contributed by atoms with Gasteiger partial charge in [-0.3, -0.25) is 4.79 Å². The van der Waals surface area contributed by atoms with Crippen LogP contribution in [0.4, 0.5) is 4.79 Å². The van der Waals surface area contributed by atoms with E-state index in [1.807, 2.05) is 24.3 Å². The van der Waals surface area contributed by atoms with Crippen molar-refractivity contribution in [3.63, 3.8) is 0 Å². The molecule has 0 aliphatic heterocycles. The van der Waals surface area contributed by atoms with Gasteiger partial charge in [0.1, 0.15) is 13.2 Å². The van der Waals surface area contributed by atoms with E-state index in [0.29, 0.717) is 79.0 Å². The molecule has 1 aliphatic rings. The summed E-state index contributed by atoms with van der Waals surface area (Å²) in [7, 11) is 0. The fraction of sp³-hybridized carbons (Fsp3) is 0.689. The summed E-state index contributed by atoms with van der Waals surface area (Å²) in [5.41, 5.74) is 4.78. The number of carbonyl (C=O) groups excluding carboxylic acids is 2. The number of ether oxygens (including phenoxy) is 7. The average Bonchev–Trinajstić information content (AvgIpc) is 3.52. The summed E-state index contributed by atoms with van der Waals surface area (Å²) in [6.45, 7) is 7.59. The molecule has 0 saturated carbocycles. The average molecular weight is 770 g/mol. The second-order valence-electron chi connectivity index (χ2n) is 14.2. The number of rotatable bonds is 36. The first kappa shape index (κ1) is 46.4. The molecule has 1 N–H and O–H groups in total. The Morgan fingerprint density at radius 2 is 0.891 bits per heavy atom. The van der Waals surface area contributed by atoms with Gasteiger partial charge in [-0.2, -0.15) is 0 Å². The van der Waals surface area contributed by atoms with Gasteiger partial charge in [-0.05, 0) is 28.7 Å². The van der Waals surface area contributed by atoms with Crippen LogP contribution < -0.4 is 5.32 Å². The van der Waals surface area contributed by atoms with E-state index in [1.165, 1.54) is 106 Å². The molecule has 1 amide bonds. The van der Waals surface area contributed by atoms with E-state index >= 15 is 0 Å². The molecule has 310 valence electrons. The molecule has 2 aromatic carbocycles. The summed E-state index contributed by atoms with van der Waals surface area (Å²) in [6.07, 6.45) is 19.7. The van der Waals surface area contributed by atoms with Crippen LogP contribution in [0.1, 0.15) is 127 Å². The van der Waals surface area contributed by atoms with E-state index in [4.69, 9.17) is 33.2 Å². The molecule has 0 aromatic heterocycles. The van der Waals surface area contributed by atoms with E-state index in [2.05, 4.69) is 36.5 Å². The first-order valence-corrected chi connectivity index (χ1v) is 21.3. The van der Waals surface area contributed by atoms with Gasteiger partial charge in [0.05, 0.1) is 66.1 Å². The lowest BCUT2D eigenvalue weighted by Gasteiger charge is -2.14. The Hall–Kier alpha value is -3.02. The summed E-state index contributed by atoms with van der Waals surface area (Å²) >= 11 is 0. The number of alkyl carbamates (subject to hydrolysis) is 1. The van der Waals surface area contributed by atoms with Gasteiger partial charge in [-0.15, -0.1) is 0 Å². The van der Waals surface area contributed by atoms with Crippen LogP contribution in [-0.2, 0) is 38.0 Å². The lowest BCUT2D eigenvalue weighted by atomic mass is 9.98. The zero-order valence-electron chi connectivity index (χ0n) is 33.9. The molecular weight excluding hydrogens is 698 g/mol. The van der Waals surface area contributed by atoms with Crippen LogP contribution in [0, 0.1) is 0 Å². The van der Waals surface area contributed by atoms with Crippen LogP contribution >= 0.6 is 0 Å². The van der Waals surface area contributed by atoms with Crippen molar-refractivity contribution in [2.45, 2.75) is 116 Å². The van der Waals surface area contributed by atoms with Crippen LogP contribution in [0.25, 0.3) is 11.1 Å². The molecule has 2 aromatic rings. The number of unbranched alkanes of at least 4 members (excludes halogenated alkanes) is 14. The second-order valence-corrected chi connectivity index (χ2v) is 14.2. The van der Waals surface area contributed by atoms with Gasteiger partial charge in [0.25, 0.3) is 0 Å². The standard InChI is InChI=1S/C45H71NO9/c1-2-3-4-5-6-7-8-9-10-11-12-13-14-15-16-25-44(47)54-37-36-53-35-34-52-33-32-51-31-30-50-29-28-49-27-26-46-45(48)55-38-43-41-23-19-17-21-39(41)40-22-18-20-24-42(40)43/h17-24,43H,2-16,25-38H2,1H3,(H,46,48). The lowest BCUT2D eigenvalue weighted by molar-refractivity contribution is -0.145. The van der Waals surface area contributed by atoms with Crippen molar-refractivity contribution >= 4 is 12.1 Å². The molecule has 55 heavy (non-hydrogen) atoms. The van der Waals surface area contributed by atoms with Gasteiger partial charge in [-0.1, -0.05) is 145 Å². The van der Waals surface area contributed by atoms with Crippen LogP contribution in [0.15, 0.2) is 48.5 Å². The number of fused-ring (bicyclic) bond motifs is 3. The fourth-order valence-electron chi connectivity index (χ4n) is 6.78. The van der Waals surface area contributed by atoms with E-state index in [9.17, 15) is 9.59 Å². The molecule has 0 spiro atoms. The van der Waals surface area contributed by atoms with Crippen molar-refractivity contribution < 1.29 is 42.7 Å². The molecule has 0 bridgehead atoms. The highest BCUT2D eigenvalue weighted by atomic mass is 16.6. The molecule has 3 rings (SSSR count). The third-order valence-corrected chi connectivity index (χ3v) is 9.82. The minimum atomic E-state index is -0.450. The number of esters is 1. The maximum absolute atomic E-state index is 12.3. The molecule has 10 nitrogen and oxygen atoms in total. The zero-order valence-corrected chi connectivity index (χ0v) is 33.9. The Bertz CT molecular complexity index is 1210. The van der Waals surface area contributed by atoms with Crippen molar-refractivity contribution in [1.29, 1.82) is 0 Å². The van der Waals surface area contributed by atoms with Crippen LogP contribution in [-0.4, -0.2) is 97.9 Å². The molecule has 0 saturated heterocycles. The van der Waals surface area contributed by atoms with Gasteiger partial charge in [0, 0.05) is 18.9 Å². The summed E-state index contributed by atoms with van der Waals surface area (Å²) in [5, 5.41) is 2.75. The Morgan fingerprint density at radius 3 is 1.36 bits per heavy atom. The maximum Gasteiger partial charge on any atom is 0.407 e. The van der Waals surface area contributed by atoms with Crippen molar-refractivity contribution in [3.05, 3.63) is 59.7 Å². The third-order valence-electron chi connectivity index (χ3n) is 9.82. The van der Waals surface area contributed by atoms with Crippen LogP contribution in [0.5, 0.6) is 0 Å². The van der Waals surface area contributed by atoms with Crippen molar-refractivity contribution in [2.75, 3.05) is 85.8 Å². The highest BCUT2D eigenvalue weighted by Crippen LogP contribution is 2.44. The summed E-state index contributed by atoms with van der Waals surface area (Å²) in [6, 6.07) is 16.5. The number of amides is 1. The summed E-state index contributed by atoms with van der Waals surface area (Å²) in [5.74, 6) is -0.0970. The predicted molar refractivity (Wildman–Crippen MR) is 218 cm³/mol. The van der Waals surface area contributed by atoms with Gasteiger partial charge < -0.3 is 38.5 Å². The summed E-state index contributed by atoms with van der Waals surface area (Å²) < 4.78 is 38.4. The first-order chi connectivity index (χ1) is 27.2. The zero-order chi connectivity index (χ0) is 38.9. The number of nitrogens with one attached hydrogen (secondary N) is 1. The smallest absolute Gasteiger partial charge is 0.407 e. The predicted octanol–water partition coefficient (Wildman–Crippen LogP) is 9.41. The number of benzene rings is 2. The Morgan fingerprint density at radius 1 is 0.491 bits per heavy atom. The van der Waals surface area contributed by atoms with Gasteiger partial charge in [0.15, 0.2) is 0 Å². The second kappa shape index (κ2) is 32.1. The molecule has 1 aliphatic carbocycles. The number of hydrogen-bond donors (Lipinski definition) is 1. The molecule has 0 radical (unpaired) electrons. The SMILES string of the molecule is CCCCCCCCCCCCCCCCCC(=O)OCCOCCOCCOCCOCCOCCNC(=O)OCC1c2ccccc2-c2ccccc21. The van der Waals surface area contributed by atoms with Crippen molar-refractivity contribution in [1.82, 2.24) is 5.32 Å². The lowest BCUT2D eigenvalue weighted by Crippen LogP contribution is -2.29. The monoisotopic (exact) mass is 770 g/mol. The Labute approximate surface area is 331 Å². The van der Waals surface area contributed by atoms with E-state index < -0.39 is 6.09 Å². The third kappa shape index (κ3) is 21.8. The molecule has 0 unspecified atom stereocenters. The van der Waals surface area contributed by atoms with Crippen LogP contribution in [0.3, 0.4) is 0 Å². The van der Waals surface area contributed by atoms with E-state index in [1.54, 1.807) is 0 Å².